The van der Waals surface area contributed by atoms with E-state index in [9.17, 15) is 0 Å². The molecule has 0 rings (SSSR count). The molecule has 0 aliphatic rings. The molecule has 1 heteroatoms. The topological polar surface area (TPSA) is 0 Å². The highest BCUT2D eigenvalue weighted by atomic mass is 32.2. The highest BCUT2D eigenvalue weighted by Crippen LogP contribution is 2.18. The summed E-state index contributed by atoms with van der Waals surface area (Å²) in [7, 11) is 0. The minimum Gasteiger partial charge on any atom is -0.127 e. The van der Waals surface area contributed by atoms with Gasteiger partial charge in [0.1, 0.15) is 0 Å². The van der Waals surface area contributed by atoms with Crippen LogP contribution in [0.4, 0.5) is 0 Å². The number of unbranched alkanes of at least 4 members (excludes halogenated alkanes) is 1. The molecule has 0 N–H and O–H groups in total. The molecular formula is C11H20S. The van der Waals surface area contributed by atoms with Gasteiger partial charge in [-0.15, -0.1) is 11.8 Å². The molecule has 0 heterocycles. The minimum absolute atomic E-state index is 1.13. The SMILES string of the molecule is C/C=C(\C=C/CC)SCCCC. The Morgan fingerprint density at radius 1 is 1.33 bits per heavy atom. The van der Waals surface area contributed by atoms with Crippen molar-refractivity contribution in [3.8, 4) is 0 Å². The fourth-order valence-corrected chi connectivity index (χ4v) is 1.82. The van der Waals surface area contributed by atoms with Crippen LogP contribution in [0.1, 0.15) is 40.0 Å². The Kier molecular flexibility index (Phi) is 8.80. The van der Waals surface area contributed by atoms with Crippen LogP contribution in [-0.4, -0.2) is 5.75 Å². The van der Waals surface area contributed by atoms with E-state index >= 15 is 0 Å². The van der Waals surface area contributed by atoms with Crippen LogP contribution in [0.2, 0.25) is 0 Å². The lowest BCUT2D eigenvalue weighted by Crippen LogP contribution is -1.78. The highest BCUT2D eigenvalue weighted by Gasteiger charge is 1.90. The van der Waals surface area contributed by atoms with Crippen molar-refractivity contribution in [3.63, 3.8) is 0 Å². The summed E-state index contributed by atoms with van der Waals surface area (Å²) < 4.78 is 0. The van der Waals surface area contributed by atoms with Crippen LogP contribution >= 0.6 is 11.8 Å². The summed E-state index contributed by atoms with van der Waals surface area (Å²) in [6.07, 6.45) is 10.4. The molecule has 70 valence electrons. The van der Waals surface area contributed by atoms with Gasteiger partial charge in [-0.1, -0.05) is 38.5 Å². The maximum absolute atomic E-state index is 2.23. The predicted molar refractivity (Wildman–Crippen MR) is 60.6 cm³/mol. The fourth-order valence-electron chi connectivity index (χ4n) is 0.796. The summed E-state index contributed by atoms with van der Waals surface area (Å²) in [6.45, 7) is 6.51. The highest BCUT2D eigenvalue weighted by molar-refractivity contribution is 8.03. The molecule has 0 spiro atoms. The molecule has 0 saturated carbocycles. The summed E-state index contributed by atoms with van der Waals surface area (Å²) >= 11 is 1.96. The standard InChI is InChI=1S/C11H20S/c1-4-7-9-11(6-3)12-10-8-5-2/h6-7,9H,4-5,8,10H2,1-3H3/b9-7-,11-6+. The van der Waals surface area contributed by atoms with E-state index in [4.69, 9.17) is 0 Å². The number of thioether (sulfide) groups is 1. The maximum atomic E-state index is 2.23. The van der Waals surface area contributed by atoms with Gasteiger partial charge in [-0.3, -0.25) is 0 Å². The zero-order valence-corrected chi connectivity index (χ0v) is 9.29. The monoisotopic (exact) mass is 184 g/mol. The van der Waals surface area contributed by atoms with E-state index in [0.29, 0.717) is 0 Å². The van der Waals surface area contributed by atoms with Crippen molar-refractivity contribution in [2.45, 2.75) is 40.0 Å². The first-order valence-corrected chi connectivity index (χ1v) is 5.79. The summed E-state index contributed by atoms with van der Waals surface area (Å²) in [6, 6.07) is 0. The molecule has 0 unspecified atom stereocenters. The van der Waals surface area contributed by atoms with Gasteiger partial charge in [0.2, 0.25) is 0 Å². The summed E-state index contributed by atoms with van der Waals surface area (Å²) in [5.41, 5.74) is 0. The number of allylic oxidation sites excluding steroid dienone is 3. The van der Waals surface area contributed by atoms with E-state index in [2.05, 4.69) is 39.0 Å². The van der Waals surface area contributed by atoms with Crippen LogP contribution in [-0.2, 0) is 0 Å². The largest absolute Gasteiger partial charge is 0.127 e. The van der Waals surface area contributed by atoms with Gasteiger partial charge in [0.25, 0.3) is 0 Å². The number of rotatable bonds is 6. The predicted octanol–water partition coefficient (Wildman–Crippen LogP) is 4.39. The van der Waals surface area contributed by atoms with Gasteiger partial charge in [0, 0.05) is 4.91 Å². The molecule has 0 aromatic carbocycles. The van der Waals surface area contributed by atoms with Crippen molar-refractivity contribution < 1.29 is 0 Å². The second-order valence-electron chi connectivity index (χ2n) is 2.70. The van der Waals surface area contributed by atoms with Crippen LogP contribution in [0.5, 0.6) is 0 Å². The van der Waals surface area contributed by atoms with Gasteiger partial charge in [-0.2, -0.15) is 0 Å². The van der Waals surface area contributed by atoms with Gasteiger partial charge < -0.3 is 0 Å². The molecule has 0 atom stereocenters. The summed E-state index contributed by atoms with van der Waals surface area (Å²) in [5, 5.41) is 0. The van der Waals surface area contributed by atoms with Crippen molar-refractivity contribution in [2.24, 2.45) is 0 Å². The van der Waals surface area contributed by atoms with Crippen LogP contribution < -0.4 is 0 Å². The van der Waals surface area contributed by atoms with E-state index in [1.165, 1.54) is 23.5 Å². The number of hydrogen-bond acceptors (Lipinski definition) is 1. The van der Waals surface area contributed by atoms with E-state index in [-0.39, 0.29) is 0 Å². The normalized spacial score (nSPS) is 12.8. The lowest BCUT2D eigenvalue weighted by molar-refractivity contribution is 0.897. The van der Waals surface area contributed by atoms with Crippen molar-refractivity contribution in [3.05, 3.63) is 23.1 Å². The van der Waals surface area contributed by atoms with E-state index < -0.39 is 0 Å². The van der Waals surface area contributed by atoms with Crippen molar-refractivity contribution in [1.82, 2.24) is 0 Å². The van der Waals surface area contributed by atoms with Gasteiger partial charge in [-0.25, -0.2) is 0 Å². The fraction of sp³-hybridized carbons (Fsp3) is 0.636. The van der Waals surface area contributed by atoms with Crippen LogP contribution in [0, 0.1) is 0 Å². The van der Waals surface area contributed by atoms with Gasteiger partial charge >= 0.3 is 0 Å². The molecule has 0 saturated heterocycles. The second-order valence-corrected chi connectivity index (χ2v) is 3.87. The van der Waals surface area contributed by atoms with Gasteiger partial charge in [0.15, 0.2) is 0 Å². The average molecular weight is 184 g/mol. The molecule has 0 aliphatic carbocycles. The molecule has 0 aromatic rings. The Morgan fingerprint density at radius 3 is 2.58 bits per heavy atom. The Hall–Kier alpha value is -0.170. The molecule has 0 radical (unpaired) electrons. The first kappa shape index (κ1) is 11.8. The van der Waals surface area contributed by atoms with Crippen LogP contribution in [0.15, 0.2) is 23.1 Å². The van der Waals surface area contributed by atoms with Crippen LogP contribution in [0.3, 0.4) is 0 Å². The molecule has 0 aromatic heterocycles. The average Bonchev–Trinajstić information content (AvgIpc) is 2.11. The Morgan fingerprint density at radius 2 is 2.08 bits per heavy atom. The van der Waals surface area contributed by atoms with Crippen molar-refractivity contribution >= 4 is 11.8 Å². The minimum atomic E-state index is 1.13. The maximum Gasteiger partial charge on any atom is 0.00260 e. The Bertz CT molecular complexity index is 145. The molecule has 0 aliphatic heterocycles. The second kappa shape index (κ2) is 8.92. The Balaban J connectivity index is 3.62. The molecule has 0 amide bonds. The first-order chi connectivity index (χ1) is 5.85. The summed E-state index contributed by atoms with van der Waals surface area (Å²) in [4.78, 5) is 1.41. The molecule has 0 fully saturated rings. The van der Waals surface area contributed by atoms with Gasteiger partial charge in [-0.05, 0) is 25.5 Å². The Labute approximate surface area is 81.1 Å². The first-order valence-electron chi connectivity index (χ1n) is 4.80. The number of hydrogen-bond donors (Lipinski definition) is 0. The van der Waals surface area contributed by atoms with Crippen molar-refractivity contribution in [1.29, 1.82) is 0 Å². The lowest BCUT2D eigenvalue weighted by atomic mass is 10.4. The van der Waals surface area contributed by atoms with E-state index in [1.54, 1.807) is 0 Å². The van der Waals surface area contributed by atoms with E-state index in [1.807, 2.05) is 11.8 Å². The quantitative estimate of drug-likeness (QED) is 0.436. The third-order valence-corrected chi connectivity index (χ3v) is 2.77. The van der Waals surface area contributed by atoms with Crippen LogP contribution in [0.25, 0.3) is 0 Å². The zero-order chi connectivity index (χ0) is 9.23. The van der Waals surface area contributed by atoms with E-state index in [0.717, 1.165) is 6.42 Å². The molecular weight excluding hydrogens is 164 g/mol. The third-order valence-electron chi connectivity index (χ3n) is 1.57. The smallest absolute Gasteiger partial charge is 0.00260 e. The zero-order valence-electron chi connectivity index (χ0n) is 8.47. The lowest BCUT2D eigenvalue weighted by Gasteiger charge is -1.99. The van der Waals surface area contributed by atoms with Gasteiger partial charge in [0.05, 0.1) is 0 Å². The molecule has 0 nitrogen and oxygen atoms in total. The summed E-state index contributed by atoms with van der Waals surface area (Å²) in [5.74, 6) is 1.25. The third kappa shape index (κ3) is 6.53. The van der Waals surface area contributed by atoms with Crippen molar-refractivity contribution in [2.75, 3.05) is 5.75 Å². The molecule has 0 bridgehead atoms. The molecule has 12 heavy (non-hydrogen) atoms.